The SMILES string of the molecule is C=C(CCN)c1csc2ccccc12. The molecule has 1 aromatic heterocycles. The Morgan fingerprint density at radius 3 is 2.93 bits per heavy atom. The Morgan fingerprint density at radius 1 is 1.36 bits per heavy atom. The van der Waals surface area contributed by atoms with Gasteiger partial charge in [-0.3, -0.25) is 0 Å². The van der Waals surface area contributed by atoms with Crippen molar-refractivity contribution in [3.05, 3.63) is 41.8 Å². The molecule has 1 nitrogen and oxygen atoms in total. The molecule has 2 aromatic rings. The predicted octanol–water partition coefficient (Wildman–Crippen LogP) is 3.26. The van der Waals surface area contributed by atoms with Crippen molar-refractivity contribution in [2.75, 3.05) is 6.54 Å². The Labute approximate surface area is 87.9 Å². The van der Waals surface area contributed by atoms with Crippen LogP contribution in [0.4, 0.5) is 0 Å². The van der Waals surface area contributed by atoms with Crippen molar-refractivity contribution in [2.24, 2.45) is 5.73 Å². The van der Waals surface area contributed by atoms with Crippen LogP contribution >= 0.6 is 11.3 Å². The lowest BCUT2D eigenvalue weighted by molar-refractivity contribution is 1.03. The molecule has 0 fully saturated rings. The number of benzene rings is 1. The van der Waals surface area contributed by atoms with E-state index in [9.17, 15) is 0 Å². The lowest BCUT2D eigenvalue weighted by Gasteiger charge is -2.01. The Hall–Kier alpha value is -1.12. The molecule has 0 unspecified atom stereocenters. The lowest BCUT2D eigenvalue weighted by atomic mass is 10.0. The van der Waals surface area contributed by atoms with Crippen molar-refractivity contribution in [3.8, 4) is 0 Å². The first-order valence-corrected chi connectivity index (χ1v) is 5.55. The largest absolute Gasteiger partial charge is 0.330 e. The zero-order valence-corrected chi connectivity index (χ0v) is 8.81. The summed E-state index contributed by atoms with van der Waals surface area (Å²) in [5.74, 6) is 0. The molecule has 2 N–H and O–H groups in total. The van der Waals surface area contributed by atoms with Gasteiger partial charge in [0.05, 0.1) is 0 Å². The summed E-state index contributed by atoms with van der Waals surface area (Å²) in [5, 5.41) is 3.47. The number of hydrogen-bond donors (Lipinski definition) is 1. The minimum absolute atomic E-state index is 0.670. The second-order valence-electron chi connectivity index (χ2n) is 3.29. The highest BCUT2D eigenvalue weighted by Crippen LogP contribution is 2.30. The molecule has 0 bridgehead atoms. The fraction of sp³-hybridized carbons (Fsp3) is 0.167. The lowest BCUT2D eigenvalue weighted by Crippen LogP contribution is -1.98. The van der Waals surface area contributed by atoms with Crippen molar-refractivity contribution in [1.29, 1.82) is 0 Å². The summed E-state index contributed by atoms with van der Waals surface area (Å²) in [4.78, 5) is 0. The highest BCUT2D eigenvalue weighted by Gasteiger charge is 2.05. The van der Waals surface area contributed by atoms with Crippen LogP contribution in [0.5, 0.6) is 0 Å². The molecule has 0 aliphatic carbocycles. The van der Waals surface area contributed by atoms with E-state index in [2.05, 4.69) is 36.2 Å². The Kier molecular flexibility index (Phi) is 2.66. The predicted molar refractivity (Wildman–Crippen MR) is 64.5 cm³/mol. The molecule has 2 rings (SSSR count). The molecule has 0 atom stereocenters. The fourth-order valence-corrected chi connectivity index (χ4v) is 2.56. The highest BCUT2D eigenvalue weighted by molar-refractivity contribution is 7.17. The standard InChI is InChI=1S/C12H13NS/c1-9(6-7-13)11-8-14-12-5-3-2-4-10(11)12/h2-5,8H,1,6-7,13H2. The van der Waals surface area contributed by atoms with Crippen LogP contribution in [0.3, 0.4) is 0 Å². The number of thiophene rings is 1. The highest BCUT2D eigenvalue weighted by atomic mass is 32.1. The smallest absolute Gasteiger partial charge is 0.0349 e. The number of rotatable bonds is 3. The molecule has 0 amide bonds. The second kappa shape index (κ2) is 3.95. The zero-order chi connectivity index (χ0) is 9.97. The average molecular weight is 203 g/mol. The summed E-state index contributed by atoms with van der Waals surface area (Å²) in [6, 6.07) is 8.41. The molecule has 0 spiro atoms. The van der Waals surface area contributed by atoms with Crippen molar-refractivity contribution in [3.63, 3.8) is 0 Å². The Bertz CT molecular complexity index is 456. The van der Waals surface area contributed by atoms with Gasteiger partial charge in [0.2, 0.25) is 0 Å². The first-order chi connectivity index (χ1) is 6.83. The van der Waals surface area contributed by atoms with Gasteiger partial charge in [0.1, 0.15) is 0 Å². The van der Waals surface area contributed by atoms with Crippen LogP contribution in [0.15, 0.2) is 36.2 Å². The fourth-order valence-electron chi connectivity index (χ4n) is 1.56. The van der Waals surface area contributed by atoms with Gasteiger partial charge in [-0.05, 0) is 40.9 Å². The molecule has 0 radical (unpaired) electrons. The van der Waals surface area contributed by atoms with E-state index >= 15 is 0 Å². The third kappa shape index (κ3) is 1.59. The van der Waals surface area contributed by atoms with Crippen LogP contribution in [-0.2, 0) is 0 Å². The number of fused-ring (bicyclic) bond motifs is 1. The maximum Gasteiger partial charge on any atom is 0.0349 e. The minimum atomic E-state index is 0.670. The van der Waals surface area contributed by atoms with Crippen LogP contribution in [-0.4, -0.2) is 6.54 Å². The van der Waals surface area contributed by atoms with Gasteiger partial charge in [0, 0.05) is 4.70 Å². The summed E-state index contributed by atoms with van der Waals surface area (Å²) in [7, 11) is 0. The van der Waals surface area contributed by atoms with E-state index in [1.807, 2.05) is 0 Å². The van der Waals surface area contributed by atoms with E-state index in [0.717, 1.165) is 12.0 Å². The molecule has 1 heterocycles. The normalized spacial score (nSPS) is 10.6. The molecular weight excluding hydrogens is 190 g/mol. The average Bonchev–Trinajstić information content (AvgIpc) is 2.61. The van der Waals surface area contributed by atoms with E-state index in [-0.39, 0.29) is 0 Å². The summed E-state index contributed by atoms with van der Waals surface area (Å²) in [6.07, 6.45) is 0.876. The van der Waals surface area contributed by atoms with Gasteiger partial charge in [0.15, 0.2) is 0 Å². The third-order valence-electron chi connectivity index (χ3n) is 2.31. The van der Waals surface area contributed by atoms with Crippen LogP contribution in [0.2, 0.25) is 0 Å². The molecule has 2 heteroatoms. The molecule has 14 heavy (non-hydrogen) atoms. The van der Waals surface area contributed by atoms with Crippen molar-refractivity contribution >= 4 is 27.0 Å². The van der Waals surface area contributed by atoms with Crippen molar-refractivity contribution in [2.45, 2.75) is 6.42 Å². The van der Waals surface area contributed by atoms with E-state index < -0.39 is 0 Å². The van der Waals surface area contributed by atoms with E-state index in [4.69, 9.17) is 5.73 Å². The topological polar surface area (TPSA) is 26.0 Å². The van der Waals surface area contributed by atoms with Crippen LogP contribution in [0.1, 0.15) is 12.0 Å². The van der Waals surface area contributed by atoms with Gasteiger partial charge in [-0.2, -0.15) is 0 Å². The van der Waals surface area contributed by atoms with E-state index in [1.54, 1.807) is 11.3 Å². The maximum absolute atomic E-state index is 5.52. The van der Waals surface area contributed by atoms with Gasteiger partial charge < -0.3 is 5.73 Å². The molecule has 1 aromatic carbocycles. The first-order valence-electron chi connectivity index (χ1n) is 4.67. The molecule has 72 valence electrons. The summed E-state index contributed by atoms with van der Waals surface area (Å²) < 4.78 is 1.32. The van der Waals surface area contributed by atoms with E-state index in [1.165, 1.54) is 15.6 Å². The van der Waals surface area contributed by atoms with Gasteiger partial charge in [-0.25, -0.2) is 0 Å². The monoisotopic (exact) mass is 203 g/mol. The van der Waals surface area contributed by atoms with Crippen LogP contribution in [0.25, 0.3) is 15.7 Å². The molecule has 0 saturated heterocycles. The van der Waals surface area contributed by atoms with Crippen molar-refractivity contribution in [1.82, 2.24) is 0 Å². The minimum Gasteiger partial charge on any atom is -0.330 e. The number of nitrogens with two attached hydrogens (primary N) is 1. The zero-order valence-electron chi connectivity index (χ0n) is 7.99. The summed E-state index contributed by atoms with van der Waals surface area (Å²) >= 11 is 1.77. The summed E-state index contributed by atoms with van der Waals surface area (Å²) in [5.41, 5.74) is 7.93. The maximum atomic E-state index is 5.52. The summed E-state index contributed by atoms with van der Waals surface area (Å²) in [6.45, 7) is 4.73. The van der Waals surface area contributed by atoms with Gasteiger partial charge >= 0.3 is 0 Å². The number of hydrogen-bond acceptors (Lipinski definition) is 2. The Balaban J connectivity index is 2.47. The van der Waals surface area contributed by atoms with E-state index in [0.29, 0.717) is 6.54 Å². The molecule has 0 aliphatic rings. The van der Waals surface area contributed by atoms with Crippen molar-refractivity contribution < 1.29 is 0 Å². The third-order valence-corrected chi connectivity index (χ3v) is 3.27. The quantitative estimate of drug-likeness (QED) is 0.814. The van der Waals surface area contributed by atoms with Gasteiger partial charge in [0.25, 0.3) is 0 Å². The molecular formula is C12H13NS. The second-order valence-corrected chi connectivity index (χ2v) is 4.20. The van der Waals surface area contributed by atoms with Crippen LogP contribution < -0.4 is 5.73 Å². The van der Waals surface area contributed by atoms with Crippen LogP contribution in [0, 0.1) is 0 Å². The molecule has 0 aliphatic heterocycles. The van der Waals surface area contributed by atoms with Gasteiger partial charge in [-0.1, -0.05) is 24.8 Å². The first kappa shape index (κ1) is 9.44. The Morgan fingerprint density at radius 2 is 2.14 bits per heavy atom. The molecule has 0 saturated carbocycles. The van der Waals surface area contributed by atoms with Gasteiger partial charge in [-0.15, -0.1) is 11.3 Å².